The predicted molar refractivity (Wildman–Crippen MR) is 82.2 cm³/mol. The van der Waals surface area contributed by atoms with Gasteiger partial charge in [-0.15, -0.1) is 0 Å². The Kier molecular flexibility index (Phi) is 4.35. The summed E-state index contributed by atoms with van der Waals surface area (Å²) < 4.78 is 0. The summed E-state index contributed by atoms with van der Waals surface area (Å²) in [7, 11) is 0. The van der Waals surface area contributed by atoms with Crippen LogP contribution in [0.3, 0.4) is 0 Å². The van der Waals surface area contributed by atoms with E-state index in [9.17, 15) is 14.7 Å². The van der Waals surface area contributed by atoms with Crippen molar-refractivity contribution in [1.82, 2.24) is 4.90 Å². The zero-order chi connectivity index (χ0) is 16.4. The van der Waals surface area contributed by atoms with Crippen LogP contribution in [0.15, 0.2) is 23.2 Å². The van der Waals surface area contributed by atoms with Crippen LogP contribution in [-0.4, -0.2) is 34.3 Å². The maximum absolute atomic E-state index is 12.5. The van der Waals surface area contributed by atoms with Crippen molar-refractivity contribution in [3.63, 3.8) is 0 Å². The average Bonchev–Trinajstić information content (AvgIpc) is 2.64. The minimum absolute atomic E-state index is 0.000365. The van der Waals surface area contributed by atoms with Crippen LogP contribution in [0.5, 0.6) is 5.75 Å². The summed E-state index contributed by atoms with van der Waals surface area (Å²) in [6, 6.07) is 4.21. The fourth-order valence-electron chi connectivity index (χ4n) is 2.71. The summed E-state index contributed by atoms with van der Waals surface area (Å²) in [6.07, 6.45) is -0.0685. The van der Waals surface area contributed by atoms with Crippen LogP contribution < -0.4 is 11.5 Å². The molecule has 1 aliphatic rings. The Hall–Kier alpha value is -2.57. The van der Waals surface area contributed by atoms with E-state index in [-0.39, 0.29) is 30.0 Å². The smallest absolute Gasteiger partial charge is 0.254 e. The zero-order valence-electron chi connectivity index (χ0n) is 12.6. The van der Waals surface area contributed by atoms with Crippen LogP contribution in [0.4, 0.5) is 0 Å². The lowest BCUT2D eigenvalue weighted by Gasteiger charge is -2.26. The van der Waals surface area contributed by atoms with Crippen LogP contribution in [0.1, 0.15) is 42.2 Å². The molecular formula is C15H20N4O3. The molecule has 0 bridgehead atoms. The number of carbonyl (C=O) groups excluding carboxylic acids is 2. The van der Waals surface area contributed by atoms with Crippen molar-refractivity contribution < 1.29 is 14.7 Å². The minimum atomic E-state index is -0.554. The SMILES string of the molecule is CC(C)CN1C(=O)c2cccc(O)c2C1CC(=O)N=C(N)N. The topological polar surface area (TPSA) is 122 Å². The van der Waals surface area contributed by atoms with Gasteiger partial charge in [0.05, 0.1) is 12.5 Å². The number of guanidine groups is 1. The monoisotopic (exact) mass is 304 g/mol. The molecule has 7 heteroatoms. The quantitative estimate of drug-likeness (QED) is 0.559. The summed E-state index contributed by atoms with van der Waals surface area (Å²) in [4.78, 5) is 29.5. The number of nitrogens with zero attached hydrogens (tertiary/aromatic N) is 2. The first-order valence-corrected chi connectivity index (χ1v) is 7.06. The number of aliphatic imine (C=N–C) groups is 1. The van der Waals surface area contributed by atoms with Gasteiger partial charge in [-0.3, -0.25) is 9.59 Å². The molecule has 1 atom stereocenters. The second-order valence-electron chi connectivity index (χ2n) is 5.74. The van der Waals surface area contributed by atoms with Gasteiger partial charge in [0, 0.05) is 17.7 Å². The molecule has 1 aromatic rings. The van der Waals surface area contributed by atoms with Gasteiger partial charge >= 0.3 is 0 Å². The Morgan fingerprint density at radius 3 is 2.68 bits per heavy atom. The largest absolute Gasteiger partial charge is 0.508 e. The summed E-state index contributed by atoms with van der Waals surface area (Å²) in [5.74, 6) is -0.812. The Labute approximate surface area is 128 Å². The van der Waals surface area contributed by atoms with Gasteiger partial charge in [0.1, 0.15) is 5.75 Å². The van der Waals surface area contributed by atoms with E-state index in [4.69, 9.17) is 11.5 Å². The second kappa shape index (κ2) is 6.05. The van der Waals surface area contributed by atoms with Gasteiger partial charge in [-0.05, 0) is 18.1 Å². The number of hydrogen-bond acceptors (Lipinski definition) is 3. The first kappa shape index (κ1) is 15.8. The van der Waals surface area contributed by atoms with Gasteiger partial charge in [-0.25, -0.2) is 0 Å². The molecule has 5 N–H and O–H groups in total. The Morgan fingerprint density at radius 2 is 2.09 bits per heavy atom. The average molecular weight is 304 g/mol. The van der Waals surface area contributed by atoms with E-state index in [0.29, 0.717) is 17.7 Å². The summed E-state index contributed by atoms with van der Waals surface area (Å²) in [6.45, 7) is 4.43. The van der Waals surface area contributed by atoms with Crippen molar-refractivity contribution in [1.29, 1.82) is 0 Å². The fourth-order valence-corrected chi connectivity index (χ4v) is 2.71. The molecule has 22 heavy (non-hydrogen) atoms. The second-order valence-corrected chi connectivity index (χ2v) is 5.74. The summed E-state index contributed by atoms with van der Waals surface area (Å²) in [5.41, 5.74) is 11.3. The lowest BCUT2D eigenvalue weighted by Crippen LogP contribution is -2.33. The van der Waals surface area contributed by atoms with Crippen LogP contribution in [0.2, 0.25) is 0 Å². The van der Waals surface area contributed by atoms with E-state index in [1.54, 1.807) is 17.0 Å². The molecule has 0 aromatic heterocycles. The first-order chi connectivity index (χ1) is 10.3. The number of carbonyl (C=O) groups is 2. The molecule has 0 saturated heterocycles. The molecule has 1 aliphatic heterocycles. The van der Waals surface area contributed by atoms with Crippen molar-refractivity contribution in [2.75, 3.05) is 6.54 Å². The molecule has 118 valence electrons. The minimum Gasteiger partial charge on any atom is -0.508 e. The van der Waals surface area contributed by atoms with Crippen molar-refractivity contribution >= 4 is 17.8 Å². The lowest BCUT2D eigenvalue weighted by atomic mass is 10.0. The van der Waals surface area contributed by atoms with Gasteiger partial charge in [-0.1, -0.05) is 19.9 Å². The van der Waals surface area contributed by atoms with Crippen LogP contribution in [0.25, 0.3) is 0 Å². The molecule has 1 unspecified atom stereocenters. The molecule has 0 saturated carbocycles. The van der Waals surface area contributed by atoms with Gasteiger partial charge in [0.15, 0.2) is 5.96 Å². The number of amides is 2. The van der Waals surface area contributed by atoms with Crippen molar-refractivity contribution in [2.24, 2.45) is 22.4 Å². The van der Waals surface area contributed by atoms with E-state index in [0.717, 1.165) is 0 Å². The number of aromatic hydroxyl groups is 1. The third-order valence-electron chi connectivity index (χ3n) is 3.47. The number of benzene rings is 1. The van der Waals surface area contributed by atoms with Crippen molar-refractivity contribution in [3.05, 3.63) is 29.3 Å². The highest BCUT2D eigenvalue weighted by molar-refractivity contribution is 6.01. The highest BCUT2D eigenvalue weighted by Gasteiger charge is 2.39. The molecule has 0 fully saturated rings. The number of hydrogen-bond donors (Lipinski definition) is 3. The lowest BCUT2D eigenvalue weighted by molar-refractivity contribution is -0.118. The molecule has 2 rings (SSSR count). The molecule has 7 nitrogen and oxygen atoms in total. The summed E-state index contributed by atoms with van der Waals surface area (Å²) >= 11 is 0. The van der Waals surface area contributed by atoms with Gasteiger partial charge in [-0.2, -0.15) is 4.99 Å². The highest BCUT2D eigenvalue weighted by atomic mass is 16.3. The van der Waals surface area contributed by atoms with E-state index in [1.807, 2.05) is 13.8 Å². The number of rotatable bonds is 4. The molecule has 0 radical (unpaired) electrons. The molecule has 1 heterocycles. The predicted octanol–water partition coefficient (Wildman–Crippen LogP) is 0.735. The maximum Gasteiger partial charge on any atom is 0.254 e. The van der Waals surface area contributed by atoms with Crippen LogP contribution in [-0.2, 0) is 4.79 Å². The third kappa shape index (κ3) is 3.03. The van der Waals surface area contributed by atoms with E-state index in [1.165, 1.54) is 6.07 Å². The number of fused-ring (bicyclic) bond motifs is 1. The van der Waals surface area contributed by atoms with Gasteiger partial charge in [0.25, 0.3) is 11.8 Å². The molecule has 0 aliphatic carbocycles. The highest BCUT2D eigenvalue weighted by Crippen LogP contribution is 2.41. The Balaban J connectivity index is 2.40. The number of phenols is 1. The molecule has 2 amide bonds. The number of nitrogens with two attached hydrogens (primary N) is 2. The van der Waals surface area contributed by atoms with Crippen LogP contribution in [0, 0.1) is 5.92 Å². The standard InChI is InChI=1S/C15H20N4O3/c1-8(2)7-19-10(6-12(21)18-15(16)17)13-9(14(19)22)4-3-5-11(13)20/h3-5,8,10,20H,6-7H2,1-2H3,(H4,16,17,18,21). The first-order valence-electron chi connectivity index (χ1n) is 7.06. The van der Waals surface area contributed by atoms with Crippen molar-refractivity contribution in [2.45, 2.75) is 26.3 Å². The zero-order valence-corrected chi connectivity index (χ0v) is 12.6. The Bertz CT molecular complexity index is 636. The molecule has 0 spiro atoms. The Morgan fingerprint density at radius 1 is 1.41 bits per heavy atom. The molecule has 1 aromatic carbocycles. The normalized spacial score (nSPS) is 16.8. The van der Waals surface area contributed by atoms with Crippen LogP contribution >= 0.6 is 0 Å². The summed E-state index contributed by atoms with van der Waals surface area (Å²) in [5, 5.41) is 10.1. The van der Waals surface area contributed by atoms with Gasteiger partial charge in [0.2, 0.25) is 0 Å². The van der Waals surface area contributed by atoms with E-state index < -0.39 is 11.9 Å². The fraction of sp³-hybridized carbons (Fsp3) is 0.400. The third-order valence-corrected chi connectivity index (χ3v) is 3.47. The van der Waals surface area contributed by atoms with Crippen molar-refractivity contribution in [3.8, 4) is 5.75 Å². The van der Waals surface area contributed by atoms with E-state index in [2.05, 4.69) is 4.99 Å². The molecular weight excluding hydrogens is 284 g/mol. The number of phenolic OH excluding ortho intramolecular Hbond substituents is 1. The van der Waals surface area contributed by atoms with E-state index >= 15 is 0 Å². The van der Waals surface area contributed by atoms with Gasteiger partial charge < -0.3 is 21.5 Å². The maximum atomic E-state index is 12.5.